The summed E-state index contributed by atoms with van der Waals surface area (Å²) in [5.41, 5.74) is 2.21. The number of aromatic nitrogens is 6. The Bertz CT molecular complexity index is 1240. The fourth-order valence-electron chi connectivity index (χ4n) is 3.74. The van der Waals surface area contributed by atoms with Crippen molar-refractivity contribution in [1.29, 1.82) is 0 Å². The summed E-state index contributed by atoms with van der Waals surface area (Å²) < 4.78 is 29.1. The quantitative estimate of drug-likeness (QED) is 0.505. The number of aromatic amines is 1. The number of benzene rings is 1. The van der Waals surface area contributed by atoms with Gasteiger partial charge in [0.1, 0.15) is 11.3 Å². The Labute approximate surface area is 177 Å². The fourth-order valence-corrected chi connectivity index (χ4v) is 3.74. The van der Waals surface area contributed by atoms with Crippen molar-refractivity contribution >= 4 is 28.6 Å². The first kappa shape index (κ1) is 19.6. The third kappa shape index (κ3) is 3.54. The topological polar surface area (TPSA) is 90.3 Å². The lowest BCUT2D eigenvalue weighted by atomic mass is 10.3. The zero-order chi connectivity index (χ0) is 21.5. The zero-order valence-corrected chi connectivity index (χ0v) is 17.4. The van der Waals surface area contributed by atoms with E-state index in [1.54, 1.807) is 10.7 Å². The number of rotatable bonds is 5. The Morgan fingerprint density at radius 2 is 1.90 bits per heavy atom. The number of hydrogen-bond acceptors (Lipinski definition) is 7. The Morgan fingerprint density at radius 3 is 2.68 bits per heavy atom. The molecule has 0 atom stereocenters. The first-order valence-electron chi connectivity index (χ1n) is 10.3. The number of likely N-dealkylation sites (N-methyl/N-ethyl adjacent to an activating group) is 1. The first-order chi connectivity index (χ1) is 15.0. The summed E-state index contributed by atoms with van der Waals surface area (Å²) in [6.07, 6.45) is 2.60. The van der Waals surface area contributed by atoms with Crippen molar-refractivity contribution < 1.29 is 8.78 Å². The van der Waals surface area contributed by atoms with E-state index >= 15 is 0 Å². The molecular weight excluding hydrogens is 404 g/mol. The van der Waals surface area contributed by atoms with E-state index in [1.165, 1.54) is 6.07 Å². The molecule has 2 N–H and O–H groups in total. The molecule has 31 heavy (non-hydrogen) atoms. The van der Waals surface area contributed by atoms with Crippen molar-refractivity contribution in [3.8, 4) is 0 Å². The van der Waals surface area contributed by atoms with Gasteiger partial charge >= 0.3 is 0 Å². The molecule has 0 amide bonds. The molecule has 11 heteroatoms. The molecule has 0 spiro atoms. The van der Waals surface area contributed by atoms with E-state index in [2.05, 4.69) is 44.2 Å². The molecule has 4 heterocycles. The minimum absolute atomic E-state index is 0.0184. The summed E-state index contributed by atoms with van der Waals surface area (Å²) in [5.74, 6) is -0.241. The van der Waals surface area contributed by atoms with Crippen LogP contribution in [0.5, 0.6) is 0 Å². The molecule has 3 aromatic heterocycles. The van der Waals surface area contributed by atoms with E-state index in [0.717, 1.165) is 49.9 Å². The highest BCUT2D eigenvalue weighted by atomic mass is 19.2. The molecule has 1 aliphatic heterocycles. The summed E-state index contributed by atoms with van der Waals surface area (Å²) >= 11 is 0. The Hall–Kier alpha value is -3.34. The fraction of sp³-hybridized carbons (Fsp3) is 0.400. The molecule has 5 rings (SSSR count). The van der Waals surface area contributed by atoms with E-state index in [9.17, 15) is 8.78 Å². The number of anilines is 2. The number of nitrogens with one attached hydrogen (secondary N) is 2. The second kappa shape index (κ2) is 7.73. The minimum Gasteiger partial charge on any atom is -0.347 e. The van der Waals surface area contributed by atoms with Gasteiger partial charge in [0.2, 0.25) is 11.9 Å². The van der Waals surface area contributed by atoms with E-state index in [0.29, 0.717) is 23.2 Å². The molecule has 9 nitrogen and oxygen atoms in total. The molecule has 1 aliphatic rings. The summed E-state index contributed by atoms with van der Waals surface area (Å²) in [4.78, 5) is 21.1. The van der Waals surface area contributed by atoms with Crippen LogP contribution in [0, 0.1) is 11.6 Å². The van der Waals surface area contributed by atoms with Gasteiger partial charge in [-0.3, -0.25) is 0 Å². The van der Waals surface area contributed by atoms with Crippen LogP contribution in [-0.4, -0.2) is 67.7 Å². The molecular formula is C20H23F2N9. The lowest BCUT2D eigenvalue weighted by Crippen LogP contribution is -2.45. The largest absolute Gasteiger partial charge is 0.347 e. The van der Waals surface area contributed by atoms with Gasteiger partial charge in [-0.05, 0) is 25.6 Å². The van der Waals surface area contributed by atoms with Crippen molar-refractivity contribution in [2.75, 3.05) is 43.4 Å². The van der Waals surface area contributed by atoms with Crippen molar-refractivity contribution in [3.63, 3.8) is 0 Å². The Balaban J connectivity index is 1.47. The maximum absolute atomic E-state index is 14.0. The van der Waals surface area contributed by atoms with Crippen LogP contribution in [0.2, 0.25) is 0 Å². The van der Waals surface area contributed by atoms with E-state index in [4.69, 9.17) is 9.97 Å². The molecule has 0 radical (unpaired) electrons. The Kier molecular flexibility index (Phi) is 4.89. The van der Waals surface area contributed by atoms with Gasteiger partial charge in [0.25, 0.3) is 0 Å². The van der Waals surface area contributed by atoms with Gasteiger partial charge in [0.15, 0.2) is 17.3 Å². The molecule has 1 fully saturated rings. The van der Waals surface area contributed by atoms with Crippen LogP contribution in [0.4, 0.5) is 20.7 Å². The molecule has 1 saturated heterocycles. The van der Waals surface area contributed by atoms with Gasteiger partial charge in [-0.15, -0.1) is 0 Å². The molecule has 162 valence electrons. The molecule has 0 unspecified atom stereocenters. The van der Waals surface area contributed by atoms with Gasteiger partial charge in [-0.1, -0.05) is 6.92 Å². The summed E-state index contributed by atoms with van der Waals surface area (Å²) in [6, 6.07) is 2.55. The van der Waals surface area contributed by atoms with Crippen LogP contribution in [0.3, 0.4) is 0 Å². The highest BCUT2D eigenvalue weighted by molar-refractivity contribution is 5.75. The van der Waals surface area contributed by atoms with Gasteiger partial charge in [0, 0.05) is 31.7 Å². The molecule has 1 aromatic carbocycles. The maximum atomic E-state index is 14.0. The summed E-state index contributed by atoms with van der Waals surface area (Å²) in [7, 11) is 2.10. The average molecular weight is 427 g/mol. The van der Waals surface area contributed by atoms with Crippen LogP contribution in [0.25, 0.3) is 16.7 Å². The predicted octanol–water partition coefficient (Wildman–Crippen LogP) is 2.21. The van der Waals surface area contributed by atoms with E-state index in [-0.39, 0.29) is 12.1 Å². The van der Waals surface area contributed by atoms with E-state index in [1.807, 2.05) is 0 Å². The number of piperazine rings is 1. The molecule has 0 saturated carbocycles. The monoisotopic (exact) mass is 427 g/mol. The number of imidazole rings is 1. The third-order valence-electron chi connectivity index (χ3n) is 5.61. The second-order valence-corrected chi connectivity index (χ2v) is 7.69. The minimum atomic E-state index is -0.957. The van der Waals surface area contributed by atoms with Crippen molar-refractivity contribution in [2.24, 2.45) is 0 Å². The van der Waals surface area contributed by atoms with Gasteiger partial charge < -0.3 is 20.1 Å². The second-order valence-electron chi connectivity index (χ2n) is 7.69. The SMILES string of the molecule is CCc1cnn2c(NCc3nc4c(F)c(F)ccc4[nH]3)nc(N3CCN(C)CC3)nc12. The van der Waals surface area contributed by atoms with Crippen LogP contribution in [0.15, 0.2) is 18.3 Å². The Morgan fingerprint density at radius 1 is 1.10 bits per heavy atom. The van der Waals surface area contributed by atoms with Gasteiger partial charge in [-0.2, -0.15) is 19.6 Å². The number of nitrogens with zero attached hydrogens (tertiary/aromatic N) is 7. The zero-order valence-electron chi connectivity index (χ0n) is 17.4. The van der Waals surface area contributed by atoms with Crippen LogP contribution in [0.1, 0.15) is 18.3 Å². The highest BCUT2D eigenvalue weighted by Crippen LogP contribution is 2.21. The lowest BCUT2D eigenvalue weighted by Gasteiger charge is -2.32. The normalized spacial score (nSPS) is 15.3. The standard InChI is InChI=1S/C20H23F2N9/c1-3-12-10-24-31-18(12)27-20(30-8-6-29(2)7-9-30)28-19(31)23-11-15-25-14-5-4-13(21)16(22)17(14)26-15/h4-5,10H,3,6-9,11H2,1-2H3,(H,25,26)(H,23,27,28). The molecule has 4 aromatic rings. The van der Waals surface area contributed by atoms with Crippen molar-refractivity contribution in [2.45, 2.75) is 19.9 Å². The van der Waals surface area contributed by atoms with E-state index < -0.39 is 11.6 Å². The van der Waals surface area contributed by atoms with Crippen LogP contribution < -0.4 is 10.2 Å². The third-order valence-corrected chi connectivity index (χ3v) is 5.61. The van der Waals surface area contributed by atoms with Crippen LogP contribution in [-0.2, 0) is 13.0 Å². The lowest BCUT2D eigenvalue weighted by molar-refractivity contribution is 0.311. The van der Waals surface area contributed by atoms with Gasteiger partial charge in [0.05, 0.1) is 18.3 Å². The highest BCUT2D eigenvalue weighted by Gasteiger charge is 2.20. The maximum Gasteiger partial charge on any atom is 0.230 e. The molecule has 0 bridgehead atoms. The van der Waals surface area contributed by atoms with Gasteiger partial charge in [-0.25, -0.2) is 13.8 Å². The van der Waals surface area contributed by atoms with Crippen molar-refractivity contribution in [1.82, 2.24) is 34.4 Å². The number of fused-ring (bicyclic) bond motifs is 2. The smallest absolute Gasteiger partial charge is 0.230 e. The number of hydrogen-bond donors (Lipinski definition) is 2. The number of halogens is 2. The number of aryl methyl sites for hydroxylation is 1. The average Bonchev–Trinajstić information content (AvgIpc) is 3.39. The molecule has 0 aliphatic carbocycles. The summed E-state index contributed by atoms with van der Waals surface area (Å²) in [5, 5.41) is 7.66. The predicted molar refractivity (Wildman–Crippen MR) is 113 cm³/mol. The summed E-state index contributed by atoms with van der Waals surface area (Å²) in [6.45, 7) is 5.87. The number of H-pyrrole nitrogens is 1. The van der Waals surface area contributed by atoms with Crippen molar-refractivity contribution in [3.05, 3.63) is 41.4 Å². The first-order valence-corrected chi connectivity index (χ1v) is 10.3. The van der Waals surface area contributed by atoms with Crippen LogP contribution >= 0.6 is 0 Å².